The zero-order valence-corrected chi connectivity index (χ0v) is 14.1. The summed E-state index contributed by atoms with van der Waals surface area (Å²) in [6.45, 7) is 2.01. The topological polar surface area (TPSA) is 12.0 Å². The highest BCUT2D eigenvalue weighted by molar-refractivity contribution is 6.42. The van der Waals surface area contributed by atoms with Crippen molar-refractivity contribution < 1.29 is 4.39 Å². The molecular formula is C15H12Cl4FN. The van der Waals surface area contributed by atoms with E-state index < -0.39 is 5.82 Å². The van der Waals surface area contributed by atoms with Crippen molar-refractivity contribution in [1.82, 2.24) is 0 Å². The average Bonchev–Trinajstić information content (AvgIpc) is 2.41. The van der Waals surface area contributed by atoms with Gasteiger partial charge in [-0.25, -0.2) is 4.39 Å². The quantitative estimate of drug-likeness (QED) is 0.613. The minimum Gasteiger partial charge on any atom is -0.376 e. The van der Waals surface area contributed by atoms with Gasteiger partial charge in [-0.3, -0.25) is 0 Å². The van der Waals surface area contributed by atoms with Gasteiger partial charge in [-0.2, -0.15) is 0 Å². The fourth-order valence-corrected chi connectivity index (χ4v) is 2.88. The summed E-state index contributed by atoms with van der Waals surface area (Å²) in [7, 11) is 0. The summed E-state index contributed by atoms with van der Waals surface area (Å²) in [5, 5.41) is 4.66. The Kier molecular flexibility index (Phi) is 5.61. The van der Waals surface area contributed by atoms with E-state index in [0.717, 1.165) is 12.0 Å². The number of halogens is 5. The monoisotopic (exact) mass is 365 g/mol. The zero-order chi connectivity index (χ0) is 15.6. The second-order valence-electron chi connectivity index (χ2n) is 4.52. The van der Waals surface area contributed by atoms with Gasteiger partial charge in [0.1, 0.15) is 5.82 Å². The van der Waals surface area contributed by atoms with E-state index in [1.54, 1.807) is 12.1 Å². The number of benzene rings is 2. The molecule has 0 saturated heterocycles. The van der Waals surface area contributed by atoms with Crippen molar-refractivity contribution in [2.24, 2.45) is 0 Å². The maximum absolute atomic E-state index is 13.2. The molecule has 0 radical (unpaired) electrons. The molecule has 0 fully saturated rings. The molecular weight excluding hydrogens is 355 g/mol. The van der Waals surface area contributed by atoms with Crippen LogP contribution in [0.2, 0.25) is 20.1 Å². The minimum atomic E-state index is -0.474. The third-order valence-corrected chi connectivity index (χ3v) is 4.41. The molecule has 0 amide bonds. The van der Waals surface area contributed by atoms with Crippen molar-refractivity contribution in [3.8, 4) is 0 Å². The summed E-state index contributed by atoms with van der Waals surface area (Å²) in [5.41, 5.74) is 1.45. The zero-order valence-electron chi connectivity index (χ0n) is 11.1. The molecule has 0 aliphatic carbocycles. The van der Waals surface area contributed by atoms with Gasteiger partial charge >= 0.3 is 0 Å². The third kappa shape index (κ3) is 3.95. The van der Waals surface area contributed by atoms with E-state index in [0.29, 0.717) is 15.7 Å². The Hall–Kier alpha value is -0.670. The fourth-order valence-electron chi connectivity index (χ4n) is 2.00. The second kappa shape index (κ2) is 7.06. The SMILES string of the molecule is CCC(Nc1c(Cl)cc(F)cc1Cl)c1ccc(Cl)c(Cl)c1. The van der Waals surface area contributed by atoms with Crippen LogP contribution >= 0.6 is 46.4 Å². The van der Waals surface area contributed by atoms with Crippen LogP contribution in [0.3, 0.4) is 0 Å². The van der Waals surface area contributed by atoms with Gasteiger partial charge in [0.05, 0.1) is 31.8 Å². The van der Waals surface area contributed by atoms with Gasteiger partial charge in [0.25, 0.3) is 0 Å². The largest absolute Gasteiger partial charge is 0.376 e. The van der Waals surface area contributed by atoms with Crippen LogP contribution in [-0.4, -0.2) is 0 Å². The molecule has 112 valence electrons. The van der Waals surface area contributed by atoms with Crippen molar-refractivity contribution in [2.75, 3.05) is 5.32 Å². The summed E-state index contributed by atoms with van der Waals surface area (Å²) in [4.78, 5) is 0. The third-order valence-electron chi connectivity index (χ3n) is 3.08. The van der Waals surface area contributed by atoms with Crippen LogP contribution in [0.5, 0.6) is 0 Å². The Bertz CT molecular complexity index is 637. The number of hydrogen-bond acceptors (Lipinski definition) is 1. The molecule has 0 aliphatic rings. The highest BCUT2D eigenvalue weighted by Crippen LogP contribution is 2.36. The summed E-state index contributed by atoms with van der Waals surface area (Å²) >= 11 is 24.1. The first-order valence-corrected chi connectivity index (χ1v) is 7.79. The Balaban J connectivity index is 2.33. The number of hydrogen-bond donors (Lipinski definition) is 1. The Morgan fingerprint density at radius 3 is 2.10 bits per heavy atom. The van der Waals surface area contributed by atoms with Crippen molar-refractivity contribution in [2.45, 2.75) is 19.4 Å². The summed E-state index contributed by atoms with van der Waals surface area (Å²) in [6.07, 6.45) is 0.766. The smallest absolute Gasteiger partial charge is 0.126 e. The van der Waals surface area contributed by atoms with E-state index in [2.05, 4.69) is 5.32 Å². The first-order valence-electron chi connectivity index (χ1n) is 6.28. The first kappa shape index (κ1) is 16.7. The first-order chi connectivity index (χ1) is 9.92. The Morgan fingerprint density at radius 1 is 0.952 bits per heavy atom. The molecule has 2 rings (SSSR count). The van der Waals surface area contributed by atoms with Crippen LogP contribution in [0.1, 0.15) is 24.9 Å². The van der Waals surface area contributed by atoms with E-state index in [1.807, 2.05) is 13.0 Å². The molecule has 1 atom stereocenters. The molecule has 21 heavy (non-hydrogen) atoms. The standard InChI is InChI=1S/C15H12Cl4FN/c1-2-14(8-3-4-10(16)11(17)5-8)21-15-12(18)6-9(20)7-13(15)19/h3-7,14,21H,2H2,1H3. The summed E-state index contributed by atoms with van der Waals surface area (Å²) in [6, 6.07) is 7.77. The van der Waals surface area contributed by atoms with E-state index in [1.165, 1.54) is 12.1 Å². The van der Waals surface area contributed by atoms with Gasteiger partial charge in [0, 0.05) is 0 Å². The van der Waals surface area contributed by atoms with Crippen LogP contribution in [0.4, 0.5) is 10.1 Å². The molecule has 2 aromatic carbocycles. The molecule has 2 aromatic rings. The maximum Gasteiger partial charge on any atom is 0.126 e. The lowest BCUT2D eigenvalue weighted by Crippen LogP contribution is -2.10. The number of nitrogens with one attached hydrogen (secondary N) is 1. The lowest BCUT2D eigenvalue weighted by atomic mass is 10.0. The maximum atomic E-state index is 13.2. The van der Waals surface area contributed by atoms with Crippen LogP contribution in [-0.2, 0) is 0 Å². The molecule has 0 spiro atoms. The van der Waals surface area contributed by atoms with Crippen molar-refractivity contribution in [3.63, 3.8) is 0 Å². The van der Waals surface area contributed by atoms with E-state index in [4.69, 9.17) is 46.4 Å². The predicted molar refractivity (Wildman–Crippen MR) is 89.5 cm³/mol. The summed E-state index contributed by atoms with van der Waals surface area (Å²) in [5.74, 6) is -0.474. The molecule has 0 heterocycles. The van der Waals surface area contributed by atoms with Crippen molar-refractivity contribution in [1.29, 1.82) is 0 Å². The molecule has 1 N–H and O–H groups in total. The van der Waals surface area contributed by atoms with E-state index in [9.17, 15) is 4.39 Å². The molecule has 6 heteroatoms. The van der Waals surface area contributed by atoms with Gasteiger partial charge in [0.2, 0.25) is 0 Å². The van der Waals surface area contributed by atoms with Crippen molar-refractivity contribution >= 4 is 52.1 Å². The highest BCUT2D eigenvalue weighted by atomic mass is 35.5. The van der Waals surface area contributed by atoms with Gasteiger partial charge in [-0.05, 0) is 36.2 Å². The second-order valence-corrected chi connectivity index (χ2v) is 6.15. The molecule has 0 bridgehead atoms. The molecule has 1 unspecified atom stereocenters. The normalized spacial score (nSPS) is 12.3. The van der Waals surface area contributed by atoms with Crippen LogP contribution < -0.4 is 5.32 Å². The van der Waals surface area contributed by atoms with E-state index >= 15 is 0 Å². The predicted octanol–water partition coefficient (Wildman–Crippen LogP) is 7.00. The molecule has 0 saturated carbocycles. The fraction of sp³-hybridized carbons (Fsp3) is 0.200. The van der Waals surface area contributed by atoms with E-state index in [-0.39, 0.29) is 16.1 Å². The van der Waals surface area contributed by atoms with Crippen LogP contribution in [0.25, 0.3) is 0 Å². The van der Waals surface area contributed by atoms with Crippen LogP contribution in [0, 0.1) is 5.82 Å². The average molecular weight is 367 g/mol. The van der Waals surface area contributed by atoms with Gasteiger partial charge < -0.3 is 5.32 Å². The van der Waals surface area contributed by atoms with Crippen LogP contribution in [0.15, 0.2) is 30.3 Å². The van der Waals surface area contributed by atoms with Gasteiger partial charge in [-0.1, -0.05) is 59.4 Å². The lowest BCUT2D eigenvalue weighted by molar-refractivity contribution is 0.628. The minimum absolute atomic E-state index is 0.0692. The number of anilines is 1. The Morgan fingerprint density at radius 2 is 1.57 bits per heavy atom. The van der Waals surface area contributed by atoms with Crippen molar-refractivity contribution in [3.05, 3.63) is 61.8 Å². The summed E-state index contributed by atoms with van der Waals surface area (Å²) < 4.78 is 13.2. The molecule has 0 aromatic heterocycles. The Labute approximate surface area is 143 Å². The highest BCUT2D eigenvalue weighted by Gasteiger charge is 2.15. The van der Waals surface area contributed by atoms with Gasteiger partial charge in [0.15, 0.2) is 0 Å². The van der Waals surface area contributed by atoms with Gasteiger partial charge in [-0.15, -0.1) is 0 Å². The lowest BCUT2D eigenvalue weighted by Gasteiger charge is -2.21. The molecule has 1 nitrogen and oxygen atoms in total. The molecule has 0 aliphatic heterocycles. The number of rotatable bonds is 4.